The normalized spacial score (nSPS) is 11.6. The third kappa shape index (κ3) is 3.32. The molecule has 150 valence electrons. The maximum atomic E-state index is 5.07. The van der Waals surface area contributed by atoms with Gasteiger partial charge in [0.1, 0.15) is 0 Å². The number of hydrogen-bond acceptors (Lipinski definition) is 2. The van der Waals surface area contributed by atoms with E-state index in [0.717, 1.165) is 38.6 Å². The summed E-state index contributed by atoms with van der Waals surface area (Å²) < 4.78 is 0. The molecule has 0 fully saturated rings. The van der Waals surface area contributed by atoms with Crippen molar-refractivity contribution < 1.29 is 0 Å². The molecule has 0 bridgehead atoms. The van der Waals surface area contributed by atoms with E-state index in [2.05, 4.69) is 114 Å². The Labute approximate surface area is 186 Å². The third-order valence-corrected chi connectivity index (χ3v) is 5.89. The van der Waals surface area contributed by atoms with Gasteiger partial charge < -0.3 is 0 Å². The van der Waals surface area contributed by atoms with Crippen LogP contribution in [0.15, 0.2) is 109 Å². The minimum Gasteiger partial charge on any atom is -0.256 e. The molecule has 4 aromatic carbocycles. The van der Waals surface area contributed by atoms with Crippen molar-refractivity contribution in [1.29, 1.82) is 0 Å². The van der Waals surface area contributed by atoms with Crippen LogP contribution in [-0.2, 0) is 0 Å². The van der Waals surface area contributed by atoms with Crippen LogP contribution in [0.3, 0.4) is 0 Å². The predicted molar refractivity (Wildman–Crippen MR) is 135 cm³/mol. The summed E-state index contributed by atoms with van der Waals surface area (Å²) in [6.45, 7) is 0. The number of para-hydroxylation sites is 2. The molecule has 0 saturated heterocycles. The van der Waals surface area contributed by atoms with Crippen LogP contribution in [0.25, 0.3) is 56.0 Å². The number of rotatable bonds is 3. The molecular weight excluding hydrogens is 388 g/mol. The van der Waals surface area contributed by atoms with Crippen molar-refractivity contribution in [2.24, 2.45) is 0 Å². The molecule has 2 heterocycles. The van der Waals surface area contributed by atoms with Crippen molar-refractivity contribution in [2.75, 3.05) is 0 Å². The van der Waals surface area contributed by atoms with E-state index in [1.54, 1.807) is 0 Å². The first kappa shape index (κ1) is 18.5. The summed E-state index contributed by atoms with van der Waals surface area (Å²) in [6, 6.07) is 35.8. The molecule has 32 heavy (non-hydrogen) atoms. The Morgan fingerprint density at radius 2 is 1.28 bits per heavy atom. The highest BCUT2D eigenvalue weighted by atomic mass is 14.7. The summed E-state index contributed by atoms with van der Waals surface area (Å²) >= 11 is 0. The van der Waals surface area contributed by atoms with Crippen molar-refractivity contribution in [3.63, 3.8) is 0 Å². The molecule has 0 aliphatic heterocycles. The molecule has 0 aliphatic rings. The molecule has 0 aliphatic carbocycles. The van der Waals surface area contributed by atoms with Crippen LogP contribution in [0.5, 0.6) is 0 Å². The number of fused-ring (bicyclic) bond motifs is 3. The van der Waals surface area contributed by atoms with Gasteiger partial charge in [-0.1, -0.05) is 97.1 Å². The second-order valence-electron chi connectivity index (χ2n) is 7.94. The van der Waals surface area contributed by atoms with Crippen LogP contribution in [0, 0.1) is 0 Å². The zero-order valence-corrected chi connectivity index (χ0v) is 17.4. The summed E-state index contributed by atoms with van der Waals surface area (Å²) in [5, 5.41) is 4.75. The molecule has 2 nitrogen and oxygen atoms in total. The van der Waals surface area contributed by atoms with Gasteiger partial charge in [-0.15, -0.1) is 0 Å². The average molecular weight is 409 g/mol. The minimum atomic E-state index is 0.938. The maximum absolute atomic E-state index is 5.07. The molecular formula is C30H20N2. The van der Waals surface area contributed by atoms with Crippen molar-refractivity contribution >= 4 is 44.7 Å². The molecule has 2 aromatic heterocycles. The molecule has 0 N–H and O–H groups in total. The summed E-state index contributed by atoms with van der Waals surface area (Å²) in [5.74, 6) is 0. The zero-order valence-electron chi connectivity index (χ0n) is 17.4. The van der Waals surface area contributed by atoms with E-state index in [1.165, 1.54) is 16.3 Å². The van der Waals surface area contributed by atoms with Crippen molar-refractivity contribution in [3.8, 4) is 11.3 Å². The summed E-state index contributed by atoms with van der Waals surface area (Å²) in [7, 11) is 0. The van der Waals surface area contributed by atoms with Crippen LogP contribution in [0.2, 0.25) is 0 Å². The van der Waals surface area contributed by atoms with Gasteiger partial charge in [0, 0.05) is 28.1 Å². The van der Waals surface area contributed by atoms with Crippen molar-refractivity contribution in [2.45, 2.75) is 0 Å². The van der Waals surface area contributed by atoms with E-state index in [0.29, 0.717) is 0 Å². The summed E-state index contributed by atoms with van der Waals surface area (Å²) in [5.41, 5.74) is 6.24. The molecule has 0 radical (unpaired) electrons. The highest BCUT2D eigenvalue weighted by molar-refractivity contribution is 5.96. The summed E-state index contributed by atoms with van der Waals surface area (Å²) in [4.78, 5) is 9.67. The highest BCUT2D eigenvalue weighted by Crippen LogP contribution is 2.29. The molecule has 0 spiro atoms. The fourth-order valence-electron chi connectivity index (χ4n) is 4.26. The quantitative estimate of drug-likeness (QED) is 0.279. The monoisotopic (exact) mass is 408 g/mol. The van der Waals surface area contributed by atoms with Gasteiger partial charge in [0.15, 0.2) is 0 Å². The molecule has 6 aromatic rings. The average Bonchev–Trinajstić information content (AvgIpc) is 2.86. The van der Waals surface area contributed by atoms with Gasteiger partial charge in [0.2, 0.25) is 0 Å². The second-order valence-corrected chi connectivity index (χ2v) is 7.94. The highest BCUT2D eigenvalue weighted by Gasteiger charge is 2.08. The fraction of sp³-hybridized carbons (Fsp3) is 0. The zero-order chi connectivity index (χ0) is 21.3. The number of nitrogens with zero attached hydrogens (tertiary/aromatic N) is 2. The van der Waals surface area contributed by atoms with Gasteiger partial charge in [0.05, 0.1) is 16.7 Å². The first-order valence-electron chi connectivity index (χ1n) is 10.8. The topological polar surface area (TPSA) is 25.8 Å². The van der Waals surface area contributed by atoms with E-state index < -0.39 is 0 Å². The van der Waals surface area contributed by atoms with E-state index in [4.69, 9.17) is 4.98 Å². The van der Waals surface area contributed by atoms with Crippen LogP contribution >= 0.6 is 0 Å². The van der Waals surface area contributed by atoms with E-state index in [1.807, 2.05) is 12.3 Å². The molecule has 0 saturated carbocycles. The molecule has 0 unspecified atom stereocenters. The Bertz CT molecular complexity index is 1620. The minimum absolute atomic E-state index is 0.938. The van der Waals surface area contributed by atoms with E-state index in [9.17, 15) is 0 Å². The lowest BCUT2D eigenvalue weighted by molar-refractivity contribution is 1.37. The Morgan fingerprint density at radius 1 is 0.531 bits per heavy atom. The fourth-order valence-corrected chi connectivity index (χ4v) is 4.26. The number of aromatic nitrogens is 2. The van der Waals surface area contributed by atoms with Gasteiger partial charge in [-0.05, 0) is 34.5 Å². The Balaban J connectivity index is 1.45. The van der Waals surface area contributed by atoms with Gasteiger partial charge in [-0.3, -0.25) is 4.98 Å². The first-order chi connectivity index (χ1) is 15.8. The maximum Gasteiger partial charge on any atom is 0.0795 e. The number of hydrogen-bond donors (Lipinski definition) is 0. The Kier molecular flexibility index (Phi) is 4.47. The number of benzene rings is 4. The van der Waals surface area contributed by atoms with E-state index >= 15 is 0 Å². The second kappa shape index (κ2) is 7.75. The Morgan fingerprint density at radius 3 is 2.22 bits per heavy atom. The smallest absolute Gasteiger partial charge is 0.0795 e. The molecule has 6 rings (SSSR count). The van der Waals surface area contributed by atoms with Crippen LogP contribution in [0.4, 0.5) is 0 Å². The van der Waals surface area contributed by atoms with Crippen LogP contribution in [-0.4, -0.2) is 9.97 Å². The van der Waals surface area contributed by atoms with Crippen molar-refractivity contribution in [1.82, 2.24) is 9.97 Å². The molecule has 0 amide bonds. The van der Waals surface area contributed by atoms with Gasteiger partial charge in [0.25, 0.3) is 0 Å². The largest absolute Gasteiger partial charge is 0.256 e. The summed E-state index contributed by atoms with van der Waals surface area (Å²) in [6.07, 6.45) is 6.16. The van der Waals surface area contributed by atoms with Gasteiger partial charge in [-0.2, -0.15) is 0 Å². The standard InChI is InChI=1S/C30H20N2/c1-2-7-26-20-21(13-15-22(26)6-1)14-16-24-8-3-9-25-17-18-28(32-29(24)25)27-12-4-10-23-11-5-19-31-30(23)27/h1-20H. The van der Waals surface area contributed by atoms with E-state index in [-0.39, 0.29) is 0 Å². The lowest BCUT2D eigenvalue weighted by Crippen LogP contribution is -1.90. The van der Waals surface area contributed by atoms with Crippen LogP contribution in [0.1, 0.15) is 11.1 Å². The third-order valence-electron chi connectivity index (χ3n) is 5.89. The lowest BCUT2D eigenvalue weighted by Gasteiger charge is -2.08. The number of pyridine rings is 2. The molecule has 0 atom stereocenters. The SMILES string of the molecule is C(=Cc1cccc2ccc(-c3cccc4cccnc34)nc12)c1ccc2ccccc2c1. The first-order valence-corrected chi connectivity index (χ1v) is 10.8. The van der Waals surface area contributed by atoms with Crippen molar-refractivity contribution in [3.05, 3.63) is 120 Å². The van der Waals surface area contributed by atoms with Gasteiger partial charge >= 0.3 is 0 Å². The lowest BCUT2D eigenvalue weighted by atomic mass is 10.0. The predicted octanol–water partition coefficient (Wildman–Crippen LogP) is 7.77. The van der Waals surface area contributed by atoms with Crippen LogP contribution < -0.4 is 0 Å². The Hall–Kier alpha value is -4.30. The van der Waals surface area contributed by atoms with Gasteiger partial charge in [-0.25, -0.2) is 4.98 Å². The molecule has 2 heteroatoms.